The van der Waals surface area contributed by atoms with Gasteiger partial charge >= 0.3 is 0 Å². The van der Waals surface area contributed by atoms with Crippen LogP contribution in [0.4, 0.5) is 4.39 Å². The van der Waals surface area contributed by atoms with Crippen molar-refractivity contribution < 1.29 is 9.18 Å². The number of rotatable bonds is 4. The van der Waals surface area contributed by atoms with Crippen LogP contribution in [-0.2, 0) is 6.42 Å². The molecule has 2 rings (SSSR count). The minimum Gasteiger partial charge on any atom is -0.352 e. The summed E-state index contributed by atoms with van der Waals surface area (Å²) in [6.45, 7) is 0.460. The van der Waals surface area contributed by atoms with Crippen molar-refractivity contribution in [3.05, 3.63) is 71.0 Å². The molecule has 0 atom stereocenters. The molecule has 0 heterocycles. The van der Waals surface area contributed by atoms with Gasteiger partial charge in [-0.15, -0.1) is 0 Å². The highest BCUT2D eigenvalue weighted by atomic mass is 19.1. The van der Waals surface area contributed by atoms with Crippen molar-refractivity contribution in [3.63, 3.8) is 0 Å². The number of carbonyl (C=O) groups excluding carboxylic acids is 1. The molecule has 2 aromatic rings. The second-order valence-corrected chi connectivity index (χ2v) is 4.32. The molecule has 1 N–H and O–H groups in total. The van der Waals surface area contributed by atoms with E-state index in [1.165, 1.54) is 12.1 Å². The smallest absolute Gasteiger partial charge is 0.251 e. The lowest BCUT2D eigenvalue weighted by molar-refractivity contribution is 0.0954. The lowest BCUT2D eigenvalue weighted by Crippen LogP contribution is -2.25. The van der Waals surface area contributed by atoms with E-state index < -0.39 is 0 Å². The van der Waals surface area contributed by atoms with Gasteiger partial charge in [-0.05, 0) is 42.3 Å². The first kappa shape index (κ1) is 13.8. The number of nitrogens with zero attached hydrogens (tertiary/aromatic N) is 1. The monoisotopic (exact) mass is 268 g/mol. The predicted molar refractivity (Wildman–Crippen MR) is 73.6 cm³/mol. The summed E-state index contributed by atoms with van der Waals surface area (Å²) in [5.41, 5.74) is 1.87. The van der Waals surface area contributed by atoms with Crippen LogP contribution >= 0.6 is 0 Å². The van der Waals surface area contributed by atoms with Crippen molar-refractivity contribution in [1.82, 2.24) is 5.32 Å². The van der Waals surface area contributed by atoms with Crippen molar-refractivity contribution in [2.45, 2.75) is 6.42 Å². The van der Waals surface area contributed by atoms with E-state index in [0.717, 1.165) is 5.56 Å². The molecule has 100 valence electrons. The van der Waals surface area contributed by atoms with Crippen LogP contribution in [0.2, 0.25) is 0 Å². The molecule has 0 fully saturated rings. The van der Waals surface area contributed by atoms with E-state index in [-0.39, 0.29) is 11.7 Å². The zero-order chi connectivity index (χ0) is 14.4. The molecule has 0 radical (unpaired) electrons. The second-order valence-electron chi connectivity index (χ2n) is 4.32. The standard InChI is InChI=1S/C16H13FN2O/c17-15-6-4-12(5-7-15)8-9-19-16(20)14-3-1-2-13(10-14)11-18/h1-7,10H,8-9H2,(H,19,20). The molecule has 0 saturated carbocycles. The first-order valence-corrected chi connectivity index (χ1v) is 6.22. The molecule has 0 aliphatic carbocycles. The van der Waals surface area contributed by atoms with Crippen LogP contribution in [0.25, 0.3) is 0 Å². The average molecular weight is 268 g/mol. The van der Waals surface area contributed by atoms with E-state index in [1.807, 2.05) is 6.07 Å². The van der Waals surface area contributed by atoms with Crippen molar-refractivity contribution in [3.8, 4) is 6.07 Å². The number of carbonyl (C=O) groups is 1. The summed E-state index contributed by atoms with van der Waals surface area (Å²) in [6.07, 6.45) is 0.629. The summed E-state index contributed by atoms with van der Waals surface area (Å²) in [4.78, 5) is 11.9. The van der Waals surface area contributed by atoms with Gasteiger partial charge in [0.15, 0.2) is 0 Å². The van der Waals surface area contributed by atoms with Gasteiger partial charge in [-0.25, -0.2) is 4.39 Å². The number of halogens is 1. The van der Waals surface area contributed by atoms with E-state index in [4.69, 9.17) is 5.26 Å². The van der Waals surface area contributed by atoms with Gasteiger partial charge in [-0.1, -0.05) is 18.2 Å². The summed E-state index contributed by atoms with van der Waals surface area (Å²) in [5.74, 6) is -0.490. The van der Waals surface area contributed by atoms with Gasteiger partial charge in [-0.2, -0.15) is 5.26 Å². The van der Waals surface area contributed by atoms with Gasteiger partial charge in [0.2, 0.25) is 0 Å². The summed E-state index contributed by atoms with van der Waals surface area (Å²) < 4.78 is 12.7. The molecular weight excluding hydrogens is 255 g/mol. The molecule has 0 spiro atoms. The van der Waals surface area contributed by atoms with Crippen LogP contribution in [0.15, 0.2) is 48.5 Å². The highest BCUT2D eigenvalue weighted by Crippen LogP contribution is 2.05. The second kappa shape index (κ2) is 6.48. The quantitative estimate of drug-likeness (QED) is 0.926. The maximum atomic E-state index is 12.7. The number of benzene rings is 2. The fourth-order valence-electron chi connectivity index (χ4n) is 1.80. The Hall–Kier alpha value is -2.67. The normalized spacial score (nSPS) is 9.80. The van der Waals surface area contributed by atoms with E-state index >= 15 is 0 Å². The van der Waals surface area contributed by atoms with Crippen LogP contribution < -0.4 is 5.32 Å². The molecule has 0 saturated heterocycles. The molecule has 20 heavy (non-hydrogen) atoms. The largest absolute Gasteiger partial charge is 0.352 e. The highest BCUT2D eigenvalue weighted by Gasteiger charge is 2.05. The van der Waals surface area contributed by atoms with Gasteiger partial charge in [-0.3, -0.25) is 4.79 Å². The third-order valence-corrected chi connectivity index (χ3v) is 2.87. The third kappa shape index (κ3) is 3.66. The molecule has 3 nitrogen and oxygen atoms in total. The number of hydrogen-bond donors (Lipinski definition) is 1. The van der Waals surface area contributed by atoms with Gasteiger partial charge in [0.25, 0.3) is 5.91 Å². The zero-order valence-electron chi connectivity index (χ0n) is 10.8. The molecule has 0 aliphatic heterocycles. The highest BCUT2D eigenvalue weighted by molar-refractivity contribution is 5.94. The Balaban J connectivity index is 1.89. The minimum absolute atomic E-state index is 0.218. The zero-order valence-corrected chi connectivity index (χ0v) is 10.8. The van der Waals surface area contributed by atoms with Gasteiger partial charge in [0.05, 0.1) is 11.6 Å². The Labute approximate surface area is 116 Å². The number of nitriles is 1. The lowest BCUT2D eigenvalue weighted by Gasteiger charge is -2.05. The van der Waals surface area contributed by atoms with E-state index in [1.54, 1.807) is 36.4 Å². The first-order valence-electron chi connectivity index (χ1n) is 6.22. The van der Waals surface area contributed by atoms with Crippen LogP contribution in [0.3, 0.4) is 0 Å². The Morgan fingerprint density at radius 1 is 1.20 bits per heavy atom. The fourth-order valence-corrected chi connectivity index (χ4v) is 1.80. The summed E-state index contributed by atoms with van der Waals surface area (Å²) in [7, 11) is 0. The summed E-state index contributed by atoms with van der Waals surface area (Å²) in [5, 5.41) is 11.5. The fraction of sp³-hybridized carbons (Fsp3) is 0.125. The average Bonchev–Trinajstić information content (AvgIpc) is 2.49. The first-order chi connectivity index (χ1) is 9.69. The molecule has 4 heteroatoms. The van der Waals surface area contributed by atoms with E-state index in [0.29, 0.717) is 24.1 Å². The SMILES string of the molecule is N#Cc1cccc(C(=O)NCCc2ccc(F)cc2)c1. The van der Waals surface area contributed by atoms with Gasteiger partial charge in [0, 0.05) is 12.1 Å². The maximum absolute atomic E-state index is 12.7. The molecule has 0 aliphatic rings. The van der Waals surface area contributed by atoms with Crippen LogP contribution in [0.5, 0.6) is 0 Å². The molecular formula is C16H13FN2O. The Morgan fingerprint density at radius 3 is 2.65 bits per heavy atom. The van der Waals surface area contributed by atoms with Gasteiger partial charge < -0.3 is 5.32 Å². The predicted octanol–water partition coefficient (Wildman–Crippen LogP) is 2.67. The Morgan fingerprint density at radius 2 is 1.95 bits per heavy atom. The molecule has 2 aromatic carbocycles. The van der Waals surface area contributed by atoms with Crippen molar-refractivity contribution in [2.24, 2.45) is 0 Å². The van der Waals surface area contributed by atoms with Crippen LogP contribution in [0, 0.1) is 17.1 Å². The third-order valence-electron chi connectivity index (χ3n) is 2.87. The van der Waals surface area contributed by atoms with Crippen molar-refractivity contribution in [1.29, 1.82) is 5.26 Å². The van der Waals surface area contributed by atoms with E-state index in [2.05, 4.69) is 5.32 Å². The molecule has 0 bridgehead atoms. The van der Waals surface area contributed by atoms with Crippen LogP contribution in [-0.4, -0.2) is 12.5 Å². The van der Waals surface area contributed by atoms with Crippen molar-refractivity contribution >= 4 is 5.91 Å². The molecule has 0 unspecified atom stereocenters. The maximum Gasteiger partial charge on any atom is 0.251 e. The Kier molecular flexibility index (Phi) is 4.46. The van der Waals surface area contributed by atoms with Crippen LogP contribution in [0.1, 0.15) is 21.5 Å². The Bertz CT molecular complexity index is 644. The topological polar surface area (TPSA) is 52.9 Å². The molecule has 1 amide bonds. The number of amides is 1. The van der Waals surface area contributed by atoms with Crippen molar-refractivity contribution in [2.75, 3.05) is 6.54 Å². The van der Waals surface area contributed by atoms with Gasteiger partial charge in [0.1, 0.15) is 5.82 Å². The number of nitrogens with one attached hydrogen (secondary N) is 1. The minimum atomic E-state index is -0.272. The summed E-state index contributed by atoms with van der Waals surface area (Å²) >= 11 is 0. The summed E-state index contributed by atoms with van der Waals surface area (Å²) in [6, 6.07) is 14.7. The van der Waals surface area contributed by atoms with E-state index in [9.17, 15) is 9.18 Å². The number of hydrogen-bond acceptors (Lipinski definition) is 2. The molecule has 0 aromatic heterocycles. The lowest BCUT2D eigenvalue weighted by atomic mass is 10.1.